The first kappa shape index (κ1) is 40.5. The van der Waals surface area contributed by atoms with Gasteiger partial charge >= 0.3 is 7.48 Å². The van der Waals surface area contributed by atoms with Crippen molar-refractivity contribution in [2.45, 2.75) is 22.3 Å². The van der Waals surface area contributed by atoms with Crippen molar-refractivity contribution in [3.8, 4) is 34.4 Å². The number of halogens is 1. The lowest BCUT2D eigenvalue weighted by Gasteiger charge is -2.10. The van der Waals surface area contributed by atoms with E-state index in [-0.39, 0.29) is 56.4 Å². The molecule has 0 aliphatic rings. The van der Waals surface area contributed by atoms with Crippen LogP contribution in [-0.2, 0) is 0 Å². The van der Waals surface area contributed by atoms with Crippen molar-refractivity contribution >= 4 is 51.0 Å². The largest absolute Gasteiger partial charge is 0.508 e. The summed E-state index contributed by atoms with van der Waals surface area (Å²) < 4.78 is 3.69. The van der Waals surface area contributed by atoms with Crippen LogP contribution in [0.1, 0.15) is 27.8 Å². The molecule has 6 aromatic rings. The summed E-state index contributed by atoms with van der Waals surface area (Å²) in [6.07, 6.45) is 4.96. The number of hydrogen-bond acceptors (Lipinski definition) is 7. The highest BCUT2D eigenvalue weighted by Gasteiger charge is 2.11. The van der Waals surface area contributed by atoms with Gasteiger partial charge in [-0.15, -0.1) is 6.58 Å². The number of hydrogen-bond donors (Lipinski definition) is 5. The highest BCUT2D eigenvalue weighted by atomic mass is 79.9. The highest BCUT2D eigenvalue weighted by Crippen LogP contribution is 2.26. The van der Waals surface area contributed by atoms with Gasteiger partial charge in [-0.25, -0.2) is 0 Å². The number of benzene rings is 4. The molecule has 0 fully saturated rings. The quantitative estimate of drug-likeness (QED) is 0.117. The maximum atomic E-state index is 12.6. The molecule has 48 heavy (non-hydrogen) atoms. The predicted molar refractivity (Wildman–Crippen MR) is 202 cm³/mol. The monoisotopic (exact) mass is 713 g/mol. The number of phenolic OH excluding ortho intramolecular Hbond substituents is 4. The van der Waals surface area contributed by atoms with Crippen LogP contribution in [-0.4, -0.2) is 42.1 Å². The zero-order chi connectivity index (χ0) is 32.7. The summed E-state index contributed by atoms with van der Waals surface area (Å²) in [6, 6.07) is 22.0. The van der Waals surface area contributed by atoms with E-state index >= 15 is 0 Å². The molecule has 9 nitrogen and oxygen atoms in total. The average Bonchev–Trinajstić information content (AvgIpc) is 3.04. The summed E-state index contributed by atoms with van der Waals surface area (Å²) in [6.45, 7) is 6.93. The van der Waals surface area contributed by atoms with Crippen LogP contribution in [0.3, 0.4) is 0 Å². The predicted octanol–water partition coefficient (Wildman–Crippen LogP) is 7.86. The van der Waals surface area contributed by atoms with E-state index in [1.807, 2.05) is 0 Å². The zero-order valence-electron chi connectivity index (χ0n) is 23.7. The minimum Gasteiger partial charge on any atom is -0.508 e. The lowest BCUT2D eigenvalue weighted by atomic mass is 10.1. The molecule has 249 valence electrons. The van der Waals surface area contributed by atoms with E-state index in [9.17, 15) is 30.0 Å². The first-order valence-corrected chi connectivity index (χ1v) is 14.1. The van der Waals surface area contributed by atoms with E-state index in [0.29, 0.717) is 37.4 Å². The Hall–Kier alpha value is -5.52. The Labute approximate surface area is 288 Å². The molecule has 1 radical (unpaired) electrons. The molecule has 0 saturated heterocycles. The van der Waals surface area contributed by atoms with E-state index in [0.717, 1.165) is 13.0 Å². The Kier molecular flexibility index (Phi) is 15.2. The SMILES string of the molecule is C.C.C.C=C[B]O.C=Cc1cn(-c2ccc(O)cc2)c(=O)c2ccc(O)cc12.O=c1c2ccc(O)cc2c(Br)cn1-c1ccc(O)cc1. The van der Waals surface area contributed by atoms with Gasteiger partial charge in [0.05, 0.1) is 0 Å². The second-order valence-corrected chi connectivity index (χ2v) is 10.3. The fourth-order valence-electron chi connectivity index (χ4n) is 4.41. The van der Waals surface area contributed by atoms with E-state index in [1.54, 1.807) is 67.0 Å². The molecular formula is C37H39BBrN2O7. The standard InChI is InChI=1S/C17H13NO3.C15H10BrNO3.C2H4BO.3CH4/c1-2-11-10-18(12-3-5-13(19)6-4-12)17(21)15-8-7-14(20)9-16(11)15;16-14-8-17(9-1-3-10(18)4-2-9)15(20)12-6-5-11(19)7-13(12)14;1-2-3-4;;;/h2-10,19-20H,1H2;1-8,18-19H;2,4H,1H2;3*1H4. The molecule has 2 aromatic heterocycles. The van der Waals surface area contributed by atoms with E-state index in [4.69, 9.17) is 5.02 Å². The first-order chi connectivity index (χ1) is 21.6. The van der Waals surface area contributed by atoms with Gasteiger partial charge in [0.1, 0.15) is 23.0 Å². The molecule has 0 unspecified atom stereocenters. The molecule has 6 rings (SSSR count). The number of pyridine rings is 2. The minimum atomic E-state index is -0.193. The topological polar surface area (TPSA) is 145 Å². The maximum Gasteiger partial charge on any atom is 0.317 e. The lowest BCUT2D eigenvalue weighted by Crippen LogP contribution is -2.18. The van der Waals surface area contributed by atoms with Crippen LogP contribution in [0, 0.1) is 0 Å². The summed E-state index contributed by atoms with van der Waals surface area (Å²) in [4.78, 5) is 25.1. The number of aromatic hydroxyl groups is 4. The average molecular weight is 714 g/mol. The Bertz CT molecular complexity index is 2130. The van der Waals surface area contributed by atoms with Crippen LogP contribution >= 0.6 is 15.9 Å². The molecule has 4 aromatic carbocycles. The second-order valence-electron chi connectivity index (χ2n) is 9.49. The fraction of sp³-hybridized carbons (Fsp3) is 0.0811. The Morgan fingerprint density at radius 1 is 0.583 bits per heavy atom. The highest BCUT2D eigenvalue weighted by molar-refractivity contribution is 9.10. The third kappa shape index (κ3) is 9.06. The van der Waals surface area contributed by atoms with Gasteiger partial charge in [0, 0.05) is 44.4 Å². The Morgan fingerprint density at radius 2 is 0.958 bits per heavy atom. The van der Waals surface area contributed by atoms with Gasteiger partial charge in [-0.05, 0) is 112 Å². The molecule has 0 saturated carbocycles. The van der Waals surface area contributed by atoms with Gasteiger partial charge in [0.25, 0.3) is 11.1 Å². The molecule has 0 bridgehead atoms. The van der Waals surface area contributed by atoms with Crippen molar-refractivity contribution in [2.75, 3.05) is 0 Å². The minimum absolute atomic E-state index is 0. The Balaban J connectivity index is 0.000000409. The molecule has 11 heteroatoms. The molecule has 0 aliphatic heterocycles. The maximum absolute atomic E-state index is 12.6. The molecule has 0 spiro atoms. The summed E-state index contributed by atoms with van der Waals surface area (Å²) in [5.41, 5.74) is 1.67. The van der Waals surface area contributed by atoms with Crippen molar-refractivity contribution < 1.29 is 25.5 Å². The zero-order valence-corrected chi connectivity index (χ0v) is 25.3. The molecular weight excluding hydrogens is 675 g/mol. The van der Waals surface area contributed by atoms with Crippen LogP contribution in [0.5, 0.6) is 23.0 Å². The summed E-state index contributed by atoms with van der Waals surface area (Å²) >= 11 is 3.41. The fourth-order valence-corrected chi connectivity index (χ4v) is 4.95. The van der Waals surface area contributed by atoms with E-state index < -0.39 is 0 Å². The molecule has 0 amide bonds. The molecule has 0 aliphatic carbocycles. The number of phenols is 4. The van der Waals surface area contributed by atoms with Crippen LogP contribution < -0.4 is 11.1 Å². The van der Waals surface area contributed by atoms with Gasteiger partial charge in [-0.2, -0.15) is 0 Å². The summed E-state index contributed by atoms with van der Waals surface area (Å²) in [7, 11) is 0.889. The normalized spacial score (nSPS) is 9.62. The van der Waals surface area contributed by atoms with Crippen molar-refractivity contribution in [3.63, 3.8) is 0 Å². The van der Waals surface area contributed by atoms with E-state index in [2.05, 4.69) is 29.1 Å². The molecule has 5 N–H and O–H groups in total. The van der Waals surface area contributed by atoms with Gasteiger partial charge in [0.2, 0.25) is 0 Å². The van der Waals surface area contributed by atoms with Gasteiger partial charge in [-0.3, -0.25) is 18.7 Å². The third-order valence-electron chi connectivity index (χ3n) is 6.56. The summed E-state index contributed by atoms with van der Waals surface area (Å²) in [5.74, 6) is 1.81. The van der Waals surface area contributed by atoms with Crippen molar-refractivity contribution in [3.05, 3.63) is 147 Å². The number of rotatable bonds is 4. The number of fused-ring (bicyclic) bond motifs is 2. The summed E-state index contributed by atoms with van der Waals surface area (Å²) in [5, 5.41) is 47.7. The van der Waals surface area contributed by atoms with Gasteiger partial charge in [-0.1, -0.05) is 40.9 Å². The van der Waals surface area contributed by atoms with Gasteiger partial charge in [0.15, 0.2) is 0 Å². The van der Waals surface area contributed by atoms with Crippen LogP contribution in [0.25, 0.3) is 39.0 Å². The van der Waals surface area contributed by atoms with E-state index in [1.165, 1.54) is 51.5 Å². The number of nitrogens with zero attached hydrogens (tertiary/aromatic N) is 2. The second kappa shape index (κ2) is 18.0. The van der Waals surface area contributed by atoms with Crippen LogP contribution in [0.2, 0.25) is 0 Å². The Morgan fingerprint density at radius 3 is 1.38 bits per heavy atom. The van der Waals surface area contributed by atoms with Crippen LogP contribution in [0.4, 0.5) is 0 Å². The molecule has 2 heterocycles. The van der Waals surface area contributed by atoms with Crippen molar-refractivity contribution in [1.29, 1.82) is 0 Å². The first-order valence-electron chi connectivity index (χ1n) is 13.3. The van der Waals surface area contributed by atoms with Crippen molar-refractivity contribution in [2.24, 2.45) is 0 Å². The lowest BCUT2D eigenvalue weighted by molar-refractivity contribution is 0.474. The van der Waals surface area contributed by atoms with Gasteiger partial charge < -0.3 is 25.5 Å². The number of aromatic nitrogens is 2. The third-order valence-corrected chi connectivity index (χ3v) is 7.20. The smallest absolute Gasteiger partial charge is 0.317 e. The van der Waals surface area contributed by atoms with Crippen LogP contribution in [0.15, 0.2) is 131 Å². The molecule has 0 atom stereocenters. The van der Waals surface area contributed by atoms with Crippen molar-refractivity contribution in [1.82, 2.24) is 9.13 Å².